The molecule has 0 radical (unpaired) electrons. The lowest BCUT2D eigenvalue weighted by Gasteiger charge is -2.26. The number of hydrogen-bond acceptors (Lipinski definition) is 3. The molecule has 0 saturated carbocycles. The lowest BCUT2D eigenvalue weighted by Crippen LogP contribution is -2.35. The van der Waals surface area contributed by atoms with E-state index in [9.17, 15) is 0 Å². The van der Waals surface area contributed by atoms with Gasteiger partial charge in [0.15, 0.2) is 0 Å². The van der Waals surface area contributed by atoms with Gasteiger partial charge in [0, 0.05) is 32.0 Å². The summed E-state index contributed by atoms with van der Waals surface area (Å²) in [6.07, 6.45) is 3.73. The number of morpholine rings is 1. The maximum atomic E-state index is 5.28. The molecule has 1 saturated heterocycles. The maximum Gasteiger partial charge on any atom is 0.0594 e. The molecule has 1 aromatic rings. The minimum atomic E-state index is 0. The van der Waals surface area contributed by atoms with Crippen LogP contribution in [0.4, 0.5) is 0 Å². The van der Waals surface area contributed by atoms with E-state index in [1.54, 1.807) is 0 Å². The first kappa shape index (κ1) is 14.6. The van der Waals surface area contributed by atoms with Crippen LogP contribution in [-0.4, -0.2) is 36.2 Å². The molecule has 0 aliphatic carbocycles. The molecule has 86 valence electrons. The average molecular weight is 251 g/mol. The molecule has 0 bridgehead atoms. The Kier molecular flexibility index (Phi) is 7.70. The first-order valence-electron chi connectivity index (χ1n) is 4.64. The van der Waals surface area contributed by atoms with Gasteiger partial charge in [0.05, 0.1) is 13.2 Å². The van der Waals surface area contributed by atoms with Crippen molar-refractivity contribution in [3.63, 3.8) is 0 Å². The molecule has 0 atom stereocenters. The van der Waals surface area contributed by atoms with E-state index in [-0.39, 0.29) is 24.8 Å². The highest BCUT2D eigenvalue weighted by molar-refractivity contribution is 5.85. The summed E-state index contributed by atoms with van der Waals surface area (Å²) in [5, 5.41) is 0. The first-order valence-corrected chi connectivity index (χ1v) is 4.64. The Bertz CT molecular complexity index is 253. The van der Waals surface area contributed by atoms with Crippen molar-refractivity contribution in [3.05, 3.63) is 30.1 Å². The van der Waals surface area contributed by atoms with E-state index in [1.165, 1.54) is 5.56 Å². The van der Waals surface area contributed by atoms with Crippen LogP contribution in [0.15, 0.2) is 24.5 Å². The average Bonchev–Trinajstić information content (AvgIpc) is 2.21. The largest absolute Gasteiger partial charge is 0.379 e. The summed E-state index contributed by atoms with van der Waals surface area (Å²) in [6, 6.07) is 4.10. The molecule has 1 aliphatic rings. The maximum absolute atomic E-state index is 5.28. The number of pyridine rings is 1. The molecular weight excluding hydrogens is 235 g/mol. The van der Waals surface area contributed by atoms with Gasteiger partial charge >= 0.3 is 0 Å². The Labute approximate surface area is 103 Å². The highest BCUT2D eigenvalue weighted by Crippen LogP contribution is 2.04. The fourth-order valence-corrected chi connectivity index (χ4v) is 1.51. The fourth-order valence-electron chi connectivity index (χ4n) is 1.51. The van der Waals surface area contributed by atoms with Crippen LogP contribution < -0.4 is 0 Å². The van der Waals surface area contributed by atoms with Gasteiger partial charge in [-0.1, -0.05) is 6.07 Å². The first-order chi connectivity index (χ1) is 6.45. The van der Waals surface area contributed by atoms with Crippen LogP contribution in [0.5, 0.6) is 0 Å². The van der Waals surface area contributed by atoms with Crippen LogP contribution in [0.2, 0.25) is 0 Å². The standard InChI is InChI=1S/C10H14N2O.2ClH/c1-2-10(8-11-3-1)9-12-4-6-13-7-5-12;;/h1-3,8H,4-7,9H2;2*1H. The van der Waals surface area contributed by atoms with Crippen molar-refractivity contribution < 1.29 is 4.74 Å². The summed E-state index contributed by atoms with van der Waals surface area (Å²) in [7, 11) is 0. The molecule has 0 amide bonds. The molecule has 3 nitrogen and oxygen atoms in total. The molecule has 15 heavy (non-hydrogen) atoms. The predicted molar refractivity (Wildman–Crippen MR) is 64.8 cm³/mol. The SMILES string of the molecule is Cl.Cl.c1cncc(CN2CCOCC2)c1. The number of aromatic nitrogens is 1. The van der Waals surface area contributed by atoms with Gasteiger partial charge in [-0.3, -0.25) is 9.88 Å². The second-order valence-corrected chi connectivity index (χ2v) is 3.25. The number of ether oxygens (including phenoxy) is 1. The van der Waals surface area contributed by atoms with E-state index in [2.05, 4.69) is 16.0 Å². The third kappa shape index (κ3) is 4.80. The lowest BCUT2D eigenvalue weighted by molar-refractivity contribution is 0.0341. The Morgan fingerprint density at radius 3 is 2.60 bits per heavy atom. The Balaban J connectivity index is 0.000000980. The third-order valence-electron chi connectivity index (χ3n) is 2.23. The zero-order chi connectivity index (χ0) is 8.93. The van der Waals surface area contributed by atoms with Crippen molar-refractivity contribution in [2.24, 2.45) is 0 Å². The molecular formula is C10H16Cl2N2O. The van der Waals surface area contributed by atoms with Crippen molar-refractivity contribution in [2.75, 3.05) is 26.3 Å². The number of hydrogen-bond donors (Lipinski definition) is 0. The molecule has 0 N–H and O–H groups in total. The van der Waals surface area contributed by atoms with E-state index < -0.39 is 0 Å². The Hall–Kier alpha value is -0.350. The third-order valence-corrected chi connectivity index (χ3v) is 2.23. The van der Waals surface area contributed by atoms with Crippen LogP contribution in [-0.2, 0) is 11.3 Å². The summed E-state index contributed by atoms with van der Waals surface area (Å²) in [5.41, 5.74) is 1.28. The van der Waals surface area contributed by atoms with Gasteiger partial charge in [0.25, 0.3) is 0 Å². The Morgan fingerprint density at radius 1 is 1.27 bits per heavy atom. The molecule has 0 aromatic carbocycles. The second-order valence-electron chi connectivity index (χ2n) is 3.25. The van der Waals surface area contributed by atoms with Gasteiger partial charge in [0.1, 0.15) is 0 Å². The van der Waals surface area contributed by atoms with E-state index >= 15 is 0 Å². The van der Waals surface area contributed by atoms with Crippen LogP contribution in [0.25, 0.3) is 0 Å². The summed E-state index contributed by atoms with van der Waals surface area (Å²) in [4.78, 5) is 6.48. The molecule has 1 aliphatic heterocycles. The van der Waals surface area contributed by atoms with Gasteiger partial charge in [-0.05, 0) is 11.6 Å². The number of halogens is 2. The molecule has 2 rings (SSSR count). The molecule has 0 unspecified atom stereocenters. The molecule has 1 fully saturated rings. The van der Waals surface area contributed by atoms with Crippen LogP contribution >= 0.6 is 24.8 Å². The topological polar surface area (TPSA) is 25.4 Å². The van der Waals surface area contributed by atoms with Crippen LogP contribution in [0.1, 0.15) is 5.56 Å². The van der Waals surface area contributed by atoms with Gasteiger partial charge < -0.3 is 4.74 Å². The lowest BCUT2D eigenvalue weighted by atomic mass is 10.2. The normalized spacial score (nSPS) is 16.3. The molecule has 1 aromatic heterocycles. The smallest absolute Gasteiger partial charge is 0.0594 e. The molecule has 5 heteroatoms. The van der Waals surface area contributed by atoms with Crippen molar-refractivity contribution in [1.82, 2.24) is 9.88 Å². The van der Waals surface area contributed by atoms with Gasteiger partial charge in [-0.15, -0.1) is 24.8 Å². The van der Waals surface area contributed by atoms with Gasteiger partial charge in [0.2, 0.25) is 0 Å². The zero-order valence-corrected chi connectivity index (χ0v) is 10.1. The zero-order valence-electron chi connectivity index (χ0n) is 8.46. The molecule has 2 heterocycles. The van der Waals surface area contributed by atoms with Crippen LogP contribution in [0.3, 0.4) is 0 Å². The number of rotatable bonds is 2. The second kappa shape index (κ2) is 7.88. The predicted octanol–water partition coefficient (Wildman–Crippen LogP) is 1.76. The summed E-state index contributed by atoms with van der Waals surface area (Å²) < 4.78 is 5.28. The quantitative estimate of drug-likeness (QED) is 0.800. The van der Waals surface area contributed by atoms with Crippen molar-refractivity contribution in [2.45, 2.75) is 6.54 Å². The summed E-state index contributed by atoms with van der Waals surface area (Å²) in [6.45, 7) is 4.79. The van der Waals surface area contributed by atoms with Crippen molar-refractivity contribution >= 4 is 24.8 Å². The van der Waals surface area contributed by atoms with Crippen LogP contribution in [0, 0.1) is 0 Å². The summed E-state index contributed by atoms with van der Waals surface area (Å²) in [5.74, 6) is 0. The van der Waals surface area contributed by atoms with Crippen molar-refractivity contribution in [3.8, 4) is 0 Å². The van der Waals surface area contributed by atoms with E-state index in [1.807, 2.05) is 18.5 Å². The monoisotopic (exact) mass is 250 g/mol. The number of nitrogens with zero attached hydrogens (tertiary/aromatic N) is 2. The minimum absolute atomic E-state index is 0. The van der Waals surface area contributed by atoms with E-state index in [0.29, 0.717) is 0 Å². The Morgan fingerprint density at radius 2 is 2.00 bits per heavy atom. The fraction of sp³-hybridized carbons (Fsp3) is 0.500. The minimum Gasteiger partial charge on any atom is -0.379 e. The van der Waals surface area contributed by atoms with E-state index in [4.69, 9.17) is 4.74 Å². The van der Waals surface area contributed by atoms with Crippen molar-refractivity contribution in [1.29, 1.82) is 0 Å². The highest BCUT2D eigenvalue weighted by atomic mass is 35.5. The van der Waals surface area contributed by atoms with Gasteiger partial charge in [-0.25, -0.2) is 0 Å². The highest BCUT2D eigenvalue weighted by Gasteiger charge is 2.09. The van der Waals surface area contributed by atoms with Gasteiger partial charge in [-0.2, -0.15) is 0 Å². The summed E-state index contributed by atoms with van der Waals surface area (Å²) >= 11 is 0. The van der Waals surface area contributed by atoms with E-state index in [0.717, 1.165) is 32.8 Å². The molecule has 0 spiro atoms.